The Balaban J connectivity index is 0. The lowest BCUT2D eigenvalue weighted by Gasteiger charge is -2.28. The van der Waals surface area contributed by atoms with Crippen molar-refractivity contribution in [2.45, 2.75) is 88.5 Å². The standard InChI is InChI=1S/C11H24.C7H16/c1-9(2)7-11(5,6)8-10(3)4;1-6(2)5-7(3)4/h9-10H,7-8H2,1-6H3;6-7H,5H2,1-4H3. The zero-order valence-electron chi connectivity index (χ0n) is 14.9. The molecule has 112 valence electrons. The Hall–Kier alpha value is 0. The van der Waals surface area contributed by atoms with Gasteiger partial charge < -0.3 is 0 Å². The summed E-state index contributed by atoms with van der Waals surface area (Å²) in [5.74, 6) is 3.42. The Bertz CT molecular complexity index is 154. The van der Waals surface area contributed by atoms with E-state index >= 15 is 0 Å². The van der Waals surface area contributed by atoms with Gasteiger partial charge in [0, 0.05) is 0 Å². The minimum Gasteiger partial charge on any atom is -0.0628 e. The van der Waals surface area contributed by atoms with Crippen LogP contribution in [0.15, 0.2) is 0 Å². The van der Waals surface area contributed by atoms with Crippen molar-refractivity contribution < 1.29 is 0 Å². The fourth-order valence-corrected chi connectivity index (χ4v) is 3.24. The van der Waals surface area contributed by atoms with Crippen molar-refractivity contribution >= 4 is 0 Å². The van der Waals surface area contributed by atoms with Gasteiger partial charge in [-0.05, 0) is 48.3 Å². The van der Waals surface area contributed by atoms with E-state index in [9.17, 15) is 0 Å². The van der Waals surface area contributed by atoms with Crippen molar-refractivity contribution in [3.8, 4) is 0 Å². The lowest BCUT2D eigenvalue weighted by atomic mass is 9.78. The second-order valence-electron chi connectivity index (χ2n) is 8.38. The highest BCUT2D eigenvalue weighted by atomic mass is 14.3. The molecule has 0 saturated carbocycles. The van der Waals surface area contributed by atoms with Crippen LogP contribution in [0.5, 0.6) is 0 Å². The van der Waals surface area contributed by atoms with Gasteiger partial charge in [-0.25, -0.2) is 0 Å². The predicted octanol–water partition coefficient (Wildman–Crippen LogP) is 6.79. The normalized spacial score (nSPS) is 12.3. The van der Waals surface area contributed by atoms with Gasteiger partial charge in [-0.2, -0.15) is 0 Å². The fourth-order valence-electron chi connectivity index (χ4n) is 3.24. The summed E-state index contributed by atoms with van der Waals surface area (Å²) in [6.45, 7) is 23.0. The topological polar surface area (TPSA) is 0 Å². The molecule has 0 amide bonds. The van der Waals surface area contributed by atoms with Crippen LogP contribution in [0.25, 0.3) is 0 Å². The van der Waals surface area contributed by atoms with Gasteiger partial charge in [0.2, 0.25) is 0 Å². The summed E-state index contributed by atoms with van der Waals surface area (Å²) < 4.78 is 0. The van der Waals surface area contributed by atoms with E-state index in [1.807, 2.05) is 0 Å². The second-order valence-corrected chi connectivity index (χ2v) is 8.38. The molecule has 0 N–H and O–H groups in total. The molecule has 0 aliphatic heterocycles. The molecule has 0 aromatic carbocycles. The van der Waals surface area contributed by atoms with E-state index in [0.29, 0.717) is 5.41 Å². The summed E-state index contributed by atoms with van der Waals surface area (Å²) in [5, 5.41) is 0. The lowest BCUT2D eigenvalue weighted by molar-refractivity contribution is 0.233. The molecule has 0 aliphatic rings. The molecule has 0 saturated heterocycles. The summed E-state index contributed by atoms with van der Waals surface area (Å²) in [4.78, 5) is 0. The van der Waals surface area contributed by atoms with Crippen molar-refractivity contribution in [3.63, 3.8) is 0 Å². The van der Waals surface area contributed by atoms with Crippen LogP contribution in [0.4, 0.5) is 0 Å². The molecule has 0 aromatic heterocycles. The Kier molecular flexibility index (Phi) is 11.1. The summed E-state index contributed by atoms with van der Waals surface area (Å²) in [5.41, 5.74) is 0.544. The molecule has 0 heterocycles. The Morgan fingerprint density at radius 1 is 0.556 bits per heavy atom. The minimum atomic E-state index is 0.544. The van der Waals surface area contributed by atoms with Gasteiger partial charge in [0.1, 0.15) is 0 Å². The maximum absolute atomic E-state index is 2.38. The quantitative estimate of drug-likeness (QED) is 0.490. The van der Waals surface area contributed by atoms with Crippen LogP contribution >= 0.6 is 0 Å². The van der Waals surface area contributed by atoms with Crippen LogP contribution in [0, 0.1) is 29.1 Å². The van der Waals surface area contributed by atoms with E-state index in [4.69, 9.17) is 0 Å². The largest absolute Gasteiger partial charge is 0.0628 e. The van der Waals surface area contributed by atoms with Gasteiger partial charge in [0.05, 0.1) is 0 Å². The van der Waals surface area contributed by atoms with E-state index in [1.165, 1.54) is 19.3 Å². The molecule has 0 aromatic rings. The van der Waals surface area contributed by atoms with E-state index in [1.54, 1.807) is 0 Å². The molecule has 0 spiro atoms. The van der Waals surface area contributed by atoms with Gasteiger partial charge in [-0.15, -0.1) is 0 Å². The zero-order valence-corrected chi connectivity index (χ0v) is 14.9. The molecular weight excluding hydrogens is 216 g/mol. The van der Waals surface area contributed by atoms with Gasteiger partial charge in [0.15, 0.2) is 0 Å². The third-order valence-electron chi connectivity index (χ3n) is 2.86. The van der Waals surface area contributed by atoms with Crippen LogP contribution in [-0.2, 0) is 0 Å². The molecule has 0 atom stereocenters. The van der Waals surface area contributed by atoms with E-state index in [0.717, 1.165) is 23.7 Å². The maximum atomic E-state index is 2.38. The number of hydrogen-bond donors (Lipinski definition) is 0. The van der Waals surface area contributed by atoms with Crippen LogP contribution in [-0.4, -0.2) is 0 Å². The molecule has 0 heteroatoms. The van der Waals surface area contributed by atoms with Crippen molar-refractivity contribution in [1.82, 2.24) is 0 Å². The lowest BCUT2D eigenvalue weighted by Crippen LogP contribution is -2.16. The Labute approximate surface area is 118 Å². The van der Waals surface area contributed by atoms with Crippen LogP contribution in [0.3, 0.4) is 0 Å². The molecule has 0 nitrogen and oxygen atoms in total. The third kappa shape index (κ3) is 18.4. The Morgan fingerprint density at radius 2 is 0.833 bits per heavy atom. The van der Waals surface area contributed by atoms with Crippen molar-refractivity contribution in [3.05, 3.63) is 0 Å². The molecule has 0 rings (SSSR count). The first-order valence-electron chi connectivity index (χ1n) is 7.96. The highest BCUT2D eigenvalue weighted by Gasteiger charge is 2.20. The van der Waals surface area contributed by atoms with Crippen molar-refractivity contribution in [2.24, 2.45) is 29.1 Å². The molecule has 0 fully saturated rings. The van der Waals surface area contributed by atoms with Crippen molar-refractivity contribution in [1.29, 1.82) is 0 Å². The monoisotopic (exact) mass is 256 g/mol. The summed E-state index contributed by atoms with van der Waals surface area (Å²) in [7, 11) is 0. The molecular formula is C18H40. The molecule has 0 aliphatic carbocycles. The highest BCUT2D eigenvalue weighted by molar-refractivity contribution is 4.71. The first kappa shape index (κ1) is 20.3. The zero-order chi connectivity index (χ0) is 14.9. The molecule has 0 bridgehead atoms. The molecule has 18 heavy (non-hydrogen) atoms. The number of hydrogen-bond acceptors (Lipinski definition) is 0. The van der Waals surface area contributed by atoms with E-state index in [-0.39, 0.29) is 0 Å². The van der Waals surface area contributed by atoms with Gasteiger partial charge in [-0.1, -0.05) is 69.2 Å². The summed E-state index contributed by atoms with van der Waals surface area (Å²) in [6.07, 6.45) is 4.07. The van der Waals surface area contributed by atoms with Gasteiger partial charge >= 0.3 is 0 Å². The van der Waals surface area contributed by atoms with Crippen LogP contribution in [0.2, 0.25) is 0 Å². The minimum absolute atomic E-state index is 0.544. The fraction of sp³-hybridized carbons (Fsp3) is 1.00. The van der Waals surface area contributed by atoms with Crippen LogP contribution < -0.4 is 0 Å². The summed E-state index contributed by atoms with van der Waals surface area (Å²) in [6, 6.07) is 0. The first-order valence-corrected chi connectivity index (χ1v) is 7.96. The van der Waals surface area contributed by atoms with Crippen molar-refractivity contribution in [2.75, 3.05) is 0 Å². The molecule has 0 unspecified atom stereocenters. The Morgan fingerprint density at radius 3 is 0.944 bits per heavy atom. The average molecular weight is 257 g/mol. The second kappa shape index (κ2) is 9.87. The van der Waals surface area contributed by atoms with E-state index in [2.05, 4.69) is 69.2 Å². The first-order chi connectivity index (χ1) is 7.96. The average Bonchev–Trinajstić information content (AvgIpc) is 1.94. The van der Waals surface area contributed by atoms with E-state index < -0.39 is 0 Å². The van der Waals surface area contributed by atoms with Gasteiger partial charge in [0.25, 0.3) is 0 Å². The van der Waals surface area contributed by atoms with Crippen LogP contribution in [0.1, 0.15) is 88.5 Å². The SMILES string of the molecule is CC(C)CC(C)(C)CC(C)C.CC(C)CC(C)C. The maximum Gasteiger partial charge on any atom is -0.0349 e. The molecule has 0 radical (unpaired) electrons. The highest BCUT2D eigenvalue weighted by Crippen LogP contribution is 2.32. The van der Waals surface area contributed by atoms with Gasteiger partial charge in [-0.3, -0.25) is 0 Å². The number of rotatable bonds is 6. The third-order valence-corrected chi connectivity index (χ3v) is 2.86. The summed E-state index contributed by atoms with van der Waals surface area (Å²) >= 11 is 0. The predicted molar refractivity (Wildman–Crippen MR) is 87.0 cm³/mol. The smallest absolute Gasteiger partial charge is 0.0349 e.